The molecule has 1 aromatic rings. The first-order chi connectivity index (χ1) is 9.29. The highest BCUT2D eigenvalue weighted by molar-refractivity contribution is 7.99. The van der Waals surface area contributed by atoms with E-state index in [0.717, 1.165) is 12.1 Å². The van der Waals surface area contributed by atoms with Crippen LogP contribution in [0.5, 0.6) is 0 Å². The predicted molar refractivity (Wildman–Crippen MR) is 84.9 cm³/mol. The van der Waals surface area contributed by atoms with Crippen molar-refractivity contribution in [2.75, 3.05) is 26.4 Å². The molecule has 0 atom stereocenters. The van der Waals surface area contributed by atoms with E-state index in [9.17, 15) is 0 Å². The minimum absolute atomic E-state index is 0.753. The van der Waals surface area contributed by atoms with Gasteiger partial charge in [0.1, 0.15) is 0 Å². The Hall–Kier alpha value is -0.510. The van der Waals surface area contributed by atoms with Crippen LogP contribution in [0.2, 0.25) is 0 Å². The summed E-state index contributed by atoms with van der Waals surface area (Å²) in [6, 6.07) is 12.3. The quantitative estimate of drug-likeness (QED) is 0.804. The Morgan fingerprint density at radius 1 is 1.16 bits per heavy atom. The summed E-state index contributed by atoms with van der Waals surface area (Å²) in [4.78, 5) is 3.94. The van der Waals surface area contributed by atoms with Crippen LogP contribution in [0.25, 0.3) is 0 Å². The second-order valence-electron chi connectivity index (χ2n) is 5.44. The zero-order valence-corrected chi connectivity index (χ0v) is 13.0. The lowest BCUT2D eigenvalue weighted by Gasteiger charge is -2.34. The number of nitrogens with one attached hydrogen (secondary N) is 1. The van der Waals surface area contributed by atoms with E-state index in [0.29, 0.717) is 0 Å². The van der Waals surface area contributed by atoms with Crippen LogP contribution in [0.3, 0.4) is 0 Å². The Balaban J connectivity index is 1.66. The Labute approximate surface area is 122 Å². The van der Waals surface area contributed by atoms with Gasteiger partial charge in [0.25, 0.3) is 0 Å². The standard InChI is InChI=1S/C16H26N2S/c1-17-14-8-10-15(11-9-14)18(2)12-13-19-16-6-4-3-5-7-16/h3-7,14-15,17H,8-13H2,1-2H3. The fraction of sp³-hybridized carbons (Fsp3) is 0.625. The molecule has 1 aliphatic rings. The largest absolute Gasteiger partial charge is 0.317 e. The Morgan fingerprint density at radius 3 is 2.47 bits per heavy atom. The number of nitrogens with zero attached hydrogens (tertiary/aromatic N) is 1. The molecule has 0 unspecified atom stereocenters. The van der Waals surface area contributed by atoms with Gasteiger partial charge in [0, 0.05) is 29.3 Å². The smallest absolute Gasteiger partial charge is 0.0108 e. The maximum absolute atomic E-state index is 3.41. The number of benzene rings is 1. The lowest BCUT2D eigenvalue weighted by Crippen LogP contribution is -2.40. The predicted octanol–water partition coefficient (Wildman–Crippen LogP) is 3.24. The molecule has 1 fully saturated rings. The highest BCUT2D eigenvalue weighted by Gasteiger charge is 2.22. The lowest BCUT2D eigenvalue weighted by atomic mass is 9.90. The van der Waals surface area contributed by atoms with Gasteiger partial charge in [-0.25, -0.2) is 0 Å². The molecule has 1 aliphatic carbocycles. The molecular weight excluding hydrogens is 252 g/mol. The zero-order valence-electron chi connectivity index (χ0n) is 12.1. The summed E-state index contributed by atoms with van der Waals surface area (Å²) >= 11 is 1.96. The fourth-order valence-electron chi connectivity index (χ4n) is 2.81. The lowest BCUT2D eigenvalue weighted by molar-refractivity contribution is 0.185. The van der Waals surface area contributed by atoms with Gasteiger partial charge in [-0.05, 0) is 51.9 Å². The van der Waals surface area contributed by atoms with Crippen molar-refractivity contribution < 1.29 is 0 Å². The molecule has 0 radical (unpaired) electrons. The Morgan fingerprint density at radius 2 is 1.84 bits per heavy atom. The Kier molecular flexibility index (Phi) is 6.21. The highest BCUT2D eigenvalue weighted by atomic mass is 32.2. The van der Waals surface area contributed by atoms with Crippen molar-refractivity contribution in [3.05, 3.63) is 30.3 Å². The van der Waals surface area contributed by atoms with Crippen LogP contribution in [0.15, 0.2) is 35.2 Å². The third kappa shape index (κ3) is 4.83. The molecule has 0 bridgehead atoms. The highest BCUT2D eigenvalue weighted by Crippen LogP contribution is 2.23. The summed E-state index contributed by atoms with van der Waals surface area (Å²) in [5, 5.41) is 3.41. The van der Waals surface area contributed by atoms with Crippen LogP contribution < -0.4 is 5.32 Å². The molecule has 0 amide bonds. The maximum atomic E-state index is 3.41. The van der Waals surface area contributed by atoms with Gasteiger partial charge >= 0.3 is 0 Å². The van der Waals surface area contributed by atoms with Gasteiger partial charge in [-0.15, -0.1) is 11.8 Å². The summed E-state index contributed by atoms with van der Waals surface area (Å²) in [5.74, 6) is 1.19. The van der Waals surface area contributed by atoms with Gasteiger partial charge in [-0.3, -0.25) is 0 Å². The van der Waals surface area contributed by atoms with E-state index in [1.54, 1.807) is 0 Å². The SMILES string of the molecule is CNC1CCC(N(C)CCSc2ccccc2)CC1. The van der Waals surface area contributed by atoms with Gasteiger partial charge in [0.2, 0.25) is 0 Å². The monoisotopic (exact) mass is 278 g/mol. The topological polar surface area (TPSA) is 15.3 Å². The van der Waals surface area contributed by atoms with Crippen molar-refractivity contribution in [1.82, 2.24) is 10.2 Å². The van der Waals surface area contributed by atoms with E-state index in [1.807, 2.05) is 11.8 Å². The first-order valence-electron chi connectivity index (χ1n) is 7.35. The molecule has 1 aromatic carbocycles. The van der Waals surface area contributed by atoms with E-state index < -0.39 is 0 Å². The number of hydrogen-bond donors (Lipinski definition) is 1. The van der Waals surface area contributed by atoms with Crippen molar-refractivity contribution >= 4 is 11.8 Å². The van der Waals surface area contributed by atoms with E-state index in [4.69, 9.17) is 0 Å². The summed E-state index contributed by atoms with van der Waals surface area (Å²) in [7, 11) is 4.38. The van der Waals surface area contributed by atoms with Crippen molar-refractivity contribution in [3.63, 3.8) is 0 Å². The third-order valence-electron chi connectivity index (χ3n) is 4.18. The molecule has 3 heteroatoms. The molecule has 1 saturated carbocycles. The summed E-state index contributed by atoms with van der Waals surface area (Å²) in [5.41, 5.74) is 0. The van der Waals surface area contributed by atoms with E-state index >= 15 is 0 Å². The maximum Gasteiger partial charge on any atom is 0.0108 e. The fourth-order valence-corrected chi connectivity index (χ4v) is 3.78. The third-order valence-corrected chi connectivity index (χ3v) is 5.18. The number of rotatable bonds is 6. The Bertz CT molecular complexity index is 347. The normalized spacial score (nSPS) is 23.7. The average Bonchev–Trinajstić information content (AvgIpc) is 2.48. The van der Waals surface area contributed by atoms with Gasteiger partial charge < -0.3 is 10.2 Å². The summed E-state index contributed by atoms with van der Waals surface area (Å²) in [6.07, 6.45) is 5.35. The van der Waals surface area contributed by atoms with Gasteiger partial charge in [-0.2, -0.15) is 0 Å². The molecule has 106 valence electrons. The molecule has 0 saturated heterocycles. The summed E-state index contributed by atoms with van der Waals surface area (Å²) in [6.45, 7) is 1.19. The summed E-state index contributed by atoms with van der Waals surface area (Å²) < 4.78 is 0. The number of thioether (sulfide) groups is 1. The minimum Gasteiger partial charge on any atom is -0.317 e. The molecule has 0 spiro atoms. The van der Waals surface area contributed by atoms with Crippen LogP contribution >= 0.6 is 11.8 Å². The molecule has 2 nitrogen and oxygen atoms in total. The second kappa shape index (κ2) is 7.93. The van der Waals surface area contributed by atoms with Gasteiger partial charge in [0.05, 0.1) is 0 Å². The van der Waals surface area contributed by atoms with E-state index in [2.05, 4.69) is 54.6 Å². The second-order valence-corrected chi connectivity index (χ2v) is 6.60. The molecule has 0 aromatic heterocycles. The van der Waals surface area contributed by atoms with Crippen LogP contribution in [0.1, 0.15) is 25.7 Å². The van der Waals surface area contributed by atoms with Gasteiger partial charge in [-0.1, -0.05) is 18.2 Å². The molecular formula is C16H26N2S. The van der Waals surface area contributed by atoms with Crippen LogP contribution in [0.4, 0.5) is 0 Å². The molecule has 2 rings (SSSR count). The van der Waals surface area contributed by atoms with Crippen molar-refractivity contribution in [2.24, 2.45) is 0 Å². The van der Waals surface area contributed by atoms with Crippen molar-refractivity contribution in [1.29, 1.82) is 0 Å². The zero-order chi connectivity index (χ0) is 13.5. The number of hydrogen-bond acceptors (Lipinski definition) is 3. The molecule has 1 N–H and O–H groups in total. The first kappa shape index (κ1) is 14.9. The molecule has 19 heavy (non-hydrogen) atoms. The average molecular weight is 278 g/mol. The molecule has 0 heterocycles. The van der Waals surface area contributed by atoms with Crippen molar-refractivity contribution in [2.45, 2.75) is 42.7 Å². The van der Waals surface area contributed by atoms with Crippen molar-refractivity contribution in [3.8, 4) is 0 Å². The molecule has 0 aliphatic heterocycles. The van der Waals surface area contributed by atoms with Gasteiger partial charge in [0.15, 0.2) is 0 Å². The first-order valence-corrected chi connectivity index (χ1v) is 8.33. The van der Waals surface area contributed by atoms with E-state index in [-0.39, 0.29) is 0 Å². The van der Waals surface area contributed by atoms with Crippen LogP contribution in [-0.4, -0.2) is 43.4 Å². The van der Waals surface area contributed by atoms with Crippen LogP contribution in [0, 0.1) is 0 Å². The van der Waals surface area contributed by atoms with Crippen LogP contribution in [-0.2, 0) is 0 Å². The van der Waals surface area contributed by atoms with E-state index in [1.165, 1.54) is 42.9 Å². The minimum atomic E-state index is 0.753.